The summed E-state index contributed by atoms with van der Waals surface area (Å²) in [7, 11) is 0. The fourth-order valence-electron chi connectivity index (χ4n) is 1.66. The Morgan fingerprint density at radius 2 is 2.00 bits per heavy atom. The average molecular weight is 243 g/mol. The van der Waals surface area contributed by atoms with E-state index in [1.807, 2.05) is 37.3 Å². The van der Waals surface area contributed by atoms with Crippen LogP contribution in [0, 0.1) is 11.8 Å². The fraction of sp³-hybridized carbons (Fsp3) is 0.438. The lowest BCUT2D eigenvalue weighted by Crippen LogP contribution is -2.24. The smallest absolute Gasteiger partial charge is 0.296 e. The van der Waals surface area contributed by atoms with Crippen molar-refractivity contribution in [3.05, 3.63) is 35.9 Å². The number of hydrogen-bond donors (Lipinski definition) is 1. The number of benzene rings is 1. The minimum Gasteiger partial charge on any atom is -0.339 e. The second kappa shape index (κ2) is 8.36. The first-order valence-corrected chi connectivity index (χ1v) is 6.58. The highest BCUT2D eigenvalue weighted by atomic mass is 16.1. The summed E-state index contributed by atoms with van der Waals surface area (Å²) < 4.78 is 0. The molecule has 0 saturated carbocycles. The van der Waals surface area contributed by atoms with Crippen molar-refractivity contribution in [3.63, 3.8) is 0 Å². The number of carbonyl (C=O) groups excluding carboxylic acids is 1. The zero-order chi connectivity index (χ0) is 13.2. The molecule has 1 amide bonds. The number of nitrogens with one attached hydrogen (secondary N) is 1. The maximum Gasteiger partial charge on any atom is 0.296 e. The Hall–Kier alpha value is -1.75. The molecule has 0 fully saturated rings. The molecule has 18 heavy (non-hydrogen) atoms. The second-order valence-corrected chi connectivity index (χ2v) is 4.36. The van der Waals surface area contributed by atoms with Gasteiger partial charge in [0.25, 0.3) is 5.91 Å². The number of hydrogen-bond acceptors (Lipinski definition) is 1. The molecule has 1 rings (SSSR count). The van der Waals surface area contributed by atoms with Crippen LogP contribution >= 0.6 is 0 Å². The molecule has 0 aliphatic rings. The van der Waals surface area contributed by atoms with Crippen LogP contribution in [0.5, 0.6) is 0 Å². The molecule has 0 radical (unpaired) electrons. The van der Waals surface area contributed by atoms with Crippen molar-refractivity contribution in [2.24, 2.45) is 0 Å². The fourth-order valence-corrected chi connectivity index (χ4v) is 1.66. The summed E-state index contributed by atoms with van der Waals surface area (Å²) >= 11 is 0. The molecule has 0 aromatic heterocycles. The molecule has 1 aromatic rings. The van der Waals surface area contributed by atoms with Gasteiger partial charge in [0.1, 0.15) is 0 Å². The zero-order valence-corrected chi connectivity index (χ0v) is 11.2. The van der Waals surface area contributed by atoms with E-state index in [0.29, 0.717) is 0 Å². The summed E-state index contributed by atoms with van der Waals surface area (Å²) in [5, 5.41) is 2.87. The van der Waals surface area contributed by atoms with Crippen LogP contribution in [-0.4, -0.2) is 5.91 Å². The van der Waals surface area contributed by atoms with Gasteiger partial charge in [-0.1, -0.05) is 56.0 Å². The van der Waals surface area contributed by atoms with Crippen LogP contribution in [0.2, 0.25) is 0 Å². The van der Waals surface area contributed by atoms with Crippen molar-refractivity contribution in [2.45, 2.75) is 45.6 Å². The van der Waals surface area contributed by atoms with Gasteiger partial charge in [-0.05, 0) is 24.8 Å². The number of unbranched alkanes of at least 4 members (excludes halogenated alkanes) is 3. The Bertz CT molecular complexity index is 414. The van der Waals surface area contributed by atoms with Gasteiger partial charge in [-0.2, -0.15) is 0 Å². The Morgan fingerprint density at radius 1 is 1.28 bits per heavy atom. The van der Waals surface area contributed by atoms with Gasteiger partial charge in [0.05, 0.1) is 6.04 Å². The summed E-state index contributed by atoms with van der Waals surface area (Å²) in [5.74, 6) is 5.37. The van der Waals surface area contributed by atoms with Gasteiger partial charge >= 0.3 is 0 Å². The van der Waals surface area contributed by atoms with E-state index >= 15 is 0 Å². The third kappa shape index (κ3) is 5.54. The van der Waals surface area contributed by atoms with Gasteiger partial charge in [-0.15, -0.1) is 0 Å². The third-order valence-corrected chi connectivity index (χ3v) is 2.75. The van der Waals surface area contributed by atoms with E-state index in [0.717, 1.165) is 18.4 Å². The molecule has 0 saturated heterocycles. The normalized spacial score (nSPS) is 11.2. The lowest BCUT2D eigenvalue weighted by atomic mass is 10.1. The number of amides is 1. The van der Waals surface area contributed by atoms with Gasteiger partial charge in [0.15, 0.2) is 0 Å². The van der Waals surface area contributed by atoms with Crippen LogP contribution in [0.15, 0.2) is 30.3 Å². The van der Waals surface area contributed by atoms with Gasteiger partial charge in [0, 0.05) is 6.42 Å². The van der Waals surface area contributed by atoms with E-state index in [2.05, 4.69) is 24.1 Å². The van der Waals surface area contributed by atoms with Gasteiger partial charge < -0.3 is 5.32 Å². The van der Waals surface area contributed by atoms with Crippen LogP contribution < -0.4 is 5.32 Å². The summed E-state index contributed by atoms with van der Waals surface area (Å²) in [4.78, 5) is 11.6. The molecule has 0 heterocycles. The van der Waals surface area contributed by atoms with Crippen LogP contribution in [0.4, 0.5) is 0 Å². The van der Waals surface area contributed by atoms with Crippen molar-refractivity contribution < 1.29 is 4.79 Å². The highest BCUT2D eigenvalue weighted by Gasteiger charge is 2.06. The average Bonchev–Trinajstić information content (AvgIpc) is 2.39. The predicted molar refractivity (Wildman–Crippen MR) is 74.9 cm³/mol. The van der Waals surface area contributed by atoms with Crippen LogP contribution in [-0.2, 0) is 4.79 Å². The van der Waals surface area contributed by atoms with Crippen molar-refractivity contribution in [1.29, 1.82) is 0 Å². The molecule has 1 atom stereocenters. The highest BCUT2D eigenvalue weighted by molar-refractivity contribution is 5.93. The largest absolute Gasteiger partial charge is 0.339 e. The maximum absolute atomic E-state index is 11.6. The molecule has 2 heteroatoms. The van der Waals surface area contributed by atoms with E-state index in [1.54, 1.807) is 0 Å². The molecule has 0 aliphatic heterocycles. The van der Waals surface area contributed by atoms with Crippen LogP contribution in [0.25, 0.3) is 0 Å². The lowest BCUT2D eigenvalue weighted by molar-refractivity contribution is -0.116. The van der Waals surface area contributed by atoms with Crippen molar-refractivity contribution in [2.75, 3.05) is 0 Å². The molecular formula is C16H21NO. The highest BCUT2D eigenvalue weighted by Crippen LogP contribution is 2.10. The zero-order valence-electron chi connectivity index (χ0n) is 11.2. The Kier molecular flexibility index (Phi) is 6.64. The monoisotopic (exact) mass is 243 g/mol. The summed E-state index contributed by atoms with van der Waals surface area (Å²) in [6.07, 6.45) is 4.24. The topological polar surface area (TPSA) is 29.1 Å². The van der Waals surface area contributed by atoms with E-state index < -0.39 is 0 Å². The van der Waals surface area contributed by atoms with Crippen LogP contribution in [0.1, 0.15) is 51.1 Å². The van der Waals surface area contributed by atoms with E-state index in [9.17, 15) is 4.79 Å². The first-order valence-electron chi connectivity index (χ1n) is 6.58. The number of rotatable bonds is 5. The van der Waals surface area contributed by atoms with E-state index in [-0.39, 0.29) is 11.9 Å². The van der Waals surface area contributed by atoms with E-state index in [4.69, 9.17) is 0 Å². The van der Waals surface area contributed by atoms with E-state index in [1.165, 1.54) is 12.8 Å². The Morgan fingerprint density at radius 3 is 2.67 bits per heavy atom. The number of carbonyl (C=O) groups is 1. The van der Waals surface area contributed by atoms with Crippen molar-refractivity contribution in [3.8, 4) is 11.8 Å². The molecule has 1 unspecified atom stereocenters. The second-order valence-electron chi connectivity index (χ2n) is 4.36. The molecule has 1 N–H and O–H groups in total. The first kappa shape index (κ1) is 14.3. The summed E-state index contributed by atoms with van der Waals surface area (Å²) in [6.45, 7) is 4.12. The lowest BCUT2D eigenvalue weighted by Gasteiger charge is -2.11. The molecule has 2 nitrogen and oxygen atoms in total. The molecule has 0 aliphatic carbocycles. The molecule has 96 valence electrons. The van der Waals surface area contributed by atoms with Crippen LogP contribution in [0.3, 0.4) is 0 Å². The Balaban J connectivity index is 2.36. The van der Waals surface area contributed by atoms with Crippen molar-refractivity contribution >= 4 is 5.91 Å². The third-order valence-electron chi connectivity index (χ3n) is 2.75. The SMILES string of the molecule is CCCCCC#CC(=O)NC(C)c1ccccc1. The molecule has 0 bridgehead atoms. The Labute approximate surface area is 110 Å². The summed E-state index contributed by atoms with van der Waals surface area (Å²) in [5.41, 5.74) is 1.10. The van der Waals surface area contributed by atoms with Gasteiger partial charge in [-0.3, -0.25) is 4.79 Å². The minimum absolute atomic E-state index is 0.00337. The van der Waals surface area contributed by atoms with Crippen molar-refractivity contribution in [1.82, 2.24) is 5.32 Å². The molecule has 1 aromatic carbocycles. The predicted octanol–water partition coefficient (Wildman–Crippen LogP) is 3.45. The summed E-state index contributed by atoms with van der Waals surface area (Å²) in [6, 6.07) is 9.90. The quantitative estimate of drug-likeness (QED) is 0.623. The maximum atomic E-state index is 11.6. The molecular weight excluding hydrogens is 222 g/mol. The standard InChI is InChI=1S/C16H21NO/c1-3-4-5-6-10-13-16(18)17-14(2)15-11-8-7-9-12-15/h7-9,11-12,14H,3-6H2,1-2H3,(H,17,18). The van der Waals surface area contributed by atoms with Gasteiger partial charge in [-0.25, -0.2) is 0 Å². The first-order chi connectivity index (χ1) is 8.74. The van der Waals surface area contributed by atoms with Gasteiger partial charge in [0.2, 0.25) is 0 Å². The minimum atomic E-state index is -0.192. The molecule has 0 spiro atoms.